The van der Waals surface area contributed by atoms with E-state index in [1.807, 2.05) is 24.3 Å². The fourth-order valence-electron chi connectivity index (χ4n) is 1.46. The third-order valence-corrected chi connectivity index (χ3v) is 3.69. The topological polar surface area (TPSA) is 67.2 Å². The zero-order chi connectivity index (χ0) is 14.5. The molecule has 1 aromatic rings. The first kappa shape index (κ1) is 15.5. The SMILES string of the molecule is CC(C)C(C)(C)CNC(=O)Nc1cccc(CN)c1. The third kappa shape index (κ3) is 4.91. The second kappa shape index (κ2) is 6.57. The van der Waals surface area contributed by atoms with Gasteiger partial charge in [-0.25, -0.2) is 4.79 Å². The van der Waals surface area contributed by atoms with E-state index in [1.165, 1.54) is 0 Å². The van der Waals surface area contributed by atoms with E-state index in [-0.39, 0.29) is 11.4 Å². The molecule has 0 saturated heterocycles. The highest BCUT2D eigenvalue weighted by molar-refractivity contribution is 5.89. The maximum atomic E-state index is 11.8. The summed E-state index contributed by atoms with van der Waals surface area (Å²) in [7, 11) is 0. The molecule has 19 heavy (non-hydrogen) atoms. The second-order valence-electron chi connectivity index (χ2n) is 5.86. The minimum Gasteiger partial charge on any atom is -0.337 e. The molecule has 0 fully saturated rings. The van der Waals surface area contributed by atoms with Gasteiger partial charge in [0.1, 0.15) is 0 Å². The molecule has 2 amide bonds. The lowest BCUT2D eigenvalue weighted by Crippen LogP contribution is -2.39. The van der Waals surface area contributed by atoms with Crippen molar-refractivity contribution in [1.29, 1.82) is 0 Å². The summed E-state index contributed by atoms with van der Waals surface area (Å²) in [6.07, 6.45) is 0. The summed E-state index contributed by atoms with van der Waals surface area (Å²) in [5.41, 5.74) is 7.42. The second-order valence-corrected chi connectivity index (χ2v) is 5.86. The minimum atomic E-state index is -0.178. The molecule has 0 unspecified atom stereocenters. The molecule has 0 aliphatic heterocycles. The van der Waals surface area contributed by atoms with Crippen LogP contribution in [0.5, 0.6) is 0 Å². The number of nitrogens with one attached hydrogen (secondary N) is 2. The number of rotatable bonds is 5. The van der Waals surface area contributed by atoms with Crippen LogP contribution in [0.2, 0.25) is 0 Å². The van der Waals surface area contributed by atoms with Crippen molar-refractivity contribution in [3.05, 3.63) is 29.8 Å². The molecule has 1 rings (SSSR count). The maximum absolute atomic E-state index is 11.8. The van der Waals surface area contributed by atoms with E-state index < -0.39 is 0 Å². The molecule has 106 valence electrons. The summed E-state index contributed by atoms with van der Waals surface area (Å²) in [5.74, 6) is 0.508. The van der Waals surface area contributed by atoms with Crippen molar-refractivity contribution in [3.8, 4) is 0 Å². The van der Waals surface area contributed by atoms with Crippen molar-refractivity contribution in [2.75, 3.05) is 11.9 Å². The zero-order valence-corrected chi connectivity index (χ0v) is 12.3. The van der Waals surface area contributed by atoms with Crippen LogP contribution in [0.1, 0.15) is 33.3 Å². The van der Waals surface area contributed by atoms with Crippen LogP contribution in [0.4, 0.5) is 10.5 Å². The number of nitrogens with two attached hydrogens (primary N) is 1. The molecule has 0 atom stereocenters. The number of hydrogen-bond donors (Lipinski definition) is 3. The van der Waals surface area contributed by atoms with E-state index in [1.54, 1.807) is 0 Å². The highest BCUT2D eigenvalue weighted by Crippen LogP contribution is 2.24. The van der Waals surface area contributed by atoms with Gasteiger partial charge < -0.3 is 16.4 Å². The Hall–Kier alpha value is -1.55. The monoisotopic (exact) mass is 263 g/mol. The highest BCUT2D eigenvalue weighted by atomic mass is 16.2. The van der Waals surface area contributed by atoms with Crippen LogP contribution < -0.4 is 16.4 Å². The third-order valence-electron chi connectivity index (χ3n) is 3.69. The fourth-order valence-corrected chi connectivity index (χ4v) is 1.46. The number of carbonyl (C=O) groups is 1. The van der Waals surface area contributed by atoms with Crippen LogP contribution >= 0.6 is 0 Å². The van der Waals surface area contributed by atoms with Crippen LogP contribution in [-0.4, -0.2) is 12.6 Å². The smallest absolute Gasteiger partial charge is 0.319 e. The summed E-state index contributed by atoms with van der Waals surface area (Å²) in [6, 6.07) is 7.38. The van der Waals surface area contributed by atoms with Crippen LogP contribution in [0.25, 0.3) is 0 Å². The molecule has 0 aliphatic rings. The van der Waals surface area contributed by atoms with Gasteiger partial charge in [-0.1, -0.05) is 39.8 Å². The summed E-state index contributed by atoms with van der Waals surface area (Å²) in [4.78, 5) is 11.8. The van der Waals surface area contributed by atoms with Crippen LogP contribution in [0, 0.1) is 11.3 Å². The number of benzene rings is 1. The predicted molar refractivity (Wildman–Crippen MR) is 80.0 cm³/mol. The van der Waals surface area contributed by atoms with Gasteiger partial charge in [-0.15, -0.1) is 0 Å². The lowest BCUT2D eigenvalue weighted by Gasteiger charge is -2.29. The van der Waals surface area contributed by atoms with Crippen molar-refractivity contribution < 1.29 is 4.79 Å². The summed E-state index contributed by atoms with van der Waals surface area (Å²) >= 11 is 0. The summed E-state index contributed by atoms with van der Waals surface area (Å²) in [5, 5.41) is 5.73. The van der Waals surface area contributed by atoms with E-state index in [4.69, 9.17) is 5.73 Å². The van der Waals surface area contributed by atoms with E-state index in [0.717, 1.165) is 11.3 Å². The van der Waals surface area contributed by atoms with Gasteiger partial charge in [-0.3, -0.25) is 0 Å². The van der Waals surface area contributed by atoms with Crippen molar-refractivity contribution >= 4 is 11.7 Å². The standard InChI is InChI=1S/C15H25N3O/c1-11(2)15(3,4)10-17-14(19)18-13-7-5-6-12(8-13)9-16/h5-8,11H,9-10,16H2,1-4H3,(H2,17,18,19). The van der Waals surface area contributed by atoms with E-state index in [2.05, 4.69) is 38.3 Å². The van der Waals surface area contributed by atoms with E-state index in [0.29, 0.717) is 19.0 Å². The average Bonchev–Trinajstić information content (AvgIpc) is 2.36. The number of anilines is 1. The Labute approximate surface area is 115 Å². The maximum Gasteiger partial charge on any atom is 0.319 e. The molecular formula is C15H25N3O. The molecule has 0 heterocycles. The lowest BCUT2D eigenvalue weighted by molar-refractivity contribution is 0.223. The molecule has 0 aliphatic carbocycles. The van der Waals surface area contributed by atoms with Gasteiger partial charge in [0.25, 0.3) is 0 Å². The molecule has 0 aromatic heterocycles. The van der Waals surface area contributed by atoms with Crippen molar-refractivity contribution in [1.82, 2.24) is 5.32 Å². The molecule has 1 aromatic carbocycles. The van der Waals surface area contributed by atoms with Gasteiger partial charge in [-0.05, 0) is 29.0 Å². The van der Waals surface area contributed by atoms with Crippen molar-refractivity contribution in [3.63, 3.8) is 0 Å². The Balaban J connectivity index is 2.51. The Kier molecular flexibility index (Phi) is 5.36. The summed E-state index contributed by atoms with van der Waals surface area (Å²) in [6.45, 7) is 9.72. The van der Waals surface area contributed by atoms with Crippen LogP contribution in [-0.2, 0) is 6.54 Å². The lowest BCUT2D eigenvalue weighted by atomic mass is 9.81. The van der Waals surface area contributed by atoms with Gasteiger partial charge in [0.05, 0.1) is 0 Å². The fraction of sp³-hybridized carbons (Fsp3) is 0.533. The van der Waals surface area contributed by atoms with Crippen LogP contribution in [0.15, 0.2) is 24.3 Å². The molecule has 0 saturated carbocycles. The number of urea groups is 1. The van der Waals surface area contributed by atoms with E-state index >= 15 is 0 Å². The zero-order valence-electron chi connectivity index (χ0n) is 12.3. The Morgan fingerprint density at radius 2 is 2.05 bits per heavy atom. The average molecular weight is 263 g/mol. The van der Waals surface area contributed by atoms with Gasteiger partial charge in [-0.2, -0.15) is 0 Å². The molecule has 0 bridgehead atoms. The molecule has 0 spiro atoms. The quantitative estimate of drug-likeness (QED) is 0.764. The van der Waals surface area contributed by atoms with Gasteiger partial charge >= 0.3 is 6.03 Å². The Morgan fingerprint density at radius 3 is 2.63 bits per heavy atom. The molecule has 0 radical (unpaired) electrons. The van der Waals surface area contributed by atoms with Gasteiger partial charge in [0.15, 0.2) is 0 Å². The largest absolute Gasteiger partial charge is 0.337 e. The minimum absolute atomic E-state index is 0.0798. The molecule has 4 heteroatoms. The Bertz CT molecular complexity index is 427. The van der Waals surface area contributed by atoms with Crippen LogP contribution in [0.3, 0.4) is 0 Å². The van der Waals surface area contributed by atoms with Crippen molar-refractivity contribution in [2.45, 2.75) is 34.2 Å². The molecule has 4 nitrogen and oxygen atoms in total. The van der Waals surface area contributed by atoms with Gasteiger partial charge in [0, 0.05) is 18.8 Å². The number of amides is 2. The van der Waals surface area contributed by atoms with Gasteiger partial charge in [0.2, 0.25) is 0 Å². The normalized spacial score (nSPS) is 11.5. The Morgan fingerprint density at radius 1 is 1.37 bits per heavy atom. The summed E-state index contributed by atoms with van der Waals surface area (Å²) < 4.78 is 0. The molecule has 4 N–H and O–H groups in total. The first-order valence-electron chi connectivity index (χ1n) is 6.69. The first-order valence-corrected chi connectivity index (χ1v) is 6.69. The predicted octanol–water partition coefficient (Wildman–Crippen LogP) is 2.95. The molecular weight excluding hydrogens is 238 g/mol. The number of hydrogen-bond acceptors (Lipinski definition) is 2. The highest BCUT2D eigenvalue weighted by Gasteiger charge is 2.22. The van der Waals surface area contributed by atoms with E-state index in [9.17, 15) is 4.79 Å². The van der Waals surface area contributed by atoms with Crippen molar-refractivity contribution in [2.24, 2.45) is 17.1 Å². The first-order chi connectivity index (χ1) is 8.85. The number of carbonyl (C=O) groups excluding carboxylic acids is 1.